The highest BCUT2D eigenvalue weighted by atomic mass is 35.5. The Labute approximate surface area is 102 Å². The van der Waals surface area contributed by atoms with Crippen LogP contribution in [0.3, 0.4) is 0 Å². The van der Waals surface area contributed by atoms with E-state index in [2.05, 4.69) is 4.98 Å². The van der Waals surface area contributed by atoms with Crippen molar-refractivity contribution >= 4 is 11.6 Å². The molecular formula is C12H8ClF2NO. The molecule has 0 bridgehead atoms. The fourth-order valence-corrected chi connectivity index (χ4v) is 1.55. The van der Waals surface area contributed by atoms with Crippen molar-refractivity contribution in [3.8, 4) is 11.5 Å². The van der Waals surface area contributed by atoms with Gasteiger partial charge in [-0.25, -0.2) is 8.78 Å². The molecule has 0 unspecified atom stereocenters. The summed E-state index contributed by atoms with van der Waals surface area (Å²) < 4.78 is 31.2. The minimum absolute atomic E-state index is 0.0712. The molecule has 1 heterocycles. The Morgan fingerprint density at radius 1 is 1.18 bits per heavy atom. The lowest BCUT2D eigenvalue weighted by atomic mass is 10.3. The van der Waals surface area contributed by atoms with Gasteiger partial charge in [0, 0.05) is 30.0 Å². The lowest BCUT2D eigenvalue weighted by Gasteiger charge is -2.08. The molecule has 0 aliphatic heterocycles. The lowest BCUT2D eigenvalue weighted by Crippen LogP contribution is -1.92. The summed E-state index contributed by atoms with van der Waals surface area (Å²) in [5.41, 5.74) is 0.700. The average molecular weight is 256 g/mol. The summed E-state index contributed by atoms with van der Waals surface area (Å²) in [6, 6.07) is 4.64. The van der Waals surface area contributed by atoms with Crippen molar-refractivity contribution in [3.05, 3.63) is 53.9 Å². The number of pyridine rings is 1. The van der Waals surface area contributed by atoms with Crippen molar-refractivity contribution in [2.45, 2.75) is 5.88 Å². The van der Waals surface area contributed by atoms with Gasteiger partial charge in [-0.1, -0.05) is 0 Å². The van der Waals surface area contributed by atoms with Gasteiger partial charge in [-0.15, -0.1) is 11.6 Å². The van der Waals surface area contributed by atoms with E-state index in [1.807, 2.05) is 0 Å². The molecule has 1 aromatic carbocycles. The maximum Gasteiger partial charge on any atom is 0.150 e. The second kappa shape index (κ2) is 5.10. The van der Waals surface area contributed by atoms with Gasteiger partial charge in [0.1, 0.15) is 23.1 Å². The van der Waals surface area contributed by atoms with Crippen LogP contribution in [-0.2, 0) is 5.88 Å². The molecule has 0 aliphatic rings. The average Bonchev–Trinajstić information content (AvgIpc) is 2.28. The zero-order valence-electron chi connectivity index (χ0n) is 8.66. The van der Waals surface area contributed by atoms with Crippen LogP contribution in [0.5, 0.6) is 11.5 Å². The maximum atomic E-state index is 13.0. The standard InChI is InChI=1S/C12H8ClF2NO/c13-6-8-1-2-16-7-12(8)17-11-4-9(14)3-10(15)5-11/h1-5,7H,6H2. The van der Waals surface area contributed by atoms with Crippen LogP contribution < -0.4 is 4.74 Å². The molecule has 0 radical (unpaired) electrons. The predicted octanol–water partition coefficient (Wildman–Crippen LogP) is 3.89. The molecule has 17 heavy (non-hydrogen) atoms. The molecule has 2 aromatic rings. The minimum atomic E-state index is -0.698. The first kappa shape index (κ1) is 11.8. The van der Waals surface area contributed by atoms with Crippen LogP contribution in [0.25, 0.3) is 0 Å². The molecule has 1 aromatic heterocycles. The molecule has 0 amide bonds. The molecule has 0 atom stereocenters. The Kier molecular flexibility index (Phi) is 3.54. The Balaban J connectivity index is 2.31. The second-order valence-corrected chi connectivity index (χ2v) is 3.59. The van der Waals surface area contributed by atoms with Gasteiger partial charge in [-0.05, 0) is 6.07 Å². The van der Waals surface area contributed by atoms with Gasteiger partial charge in [0.15, 0.2) is 0 Å². The predicted molar refractivity (Wildman–Crippen MR) is 60.2 cm³/mol. The summed E-state index contributed by atoms with van der Waals surface area (Å²) in [7, 11) is 0. The molecular weight excluding hydrogens is 248 g/mol. The lowest BCUT2D eigenvalue weighted by molar-refractivity contribution is 0.462. The molecule has 5 heteroatoms. The third kappa shape index (κ3) is 2.91. The Hall–Kier alpha value is -1.68. The summed E-state index contributed by atoms with van der Waals surface area (Å²) >= 11 is 5.70. The van der Waals surface area contributed by atoms with Crippen LogP contribution in [0.2, 0.25) is 0 Å². The van der Waals surface area contributed by atoms with E-state index in [1.54, 1.807) is 12.3 Å². The van der Waals surface area contributed by atoms with E-state index in [4.69, 9.17) is 16.3 Å². The van der Waals surface area contributed by atoms with Crippen molar-refractivity contribution in [1.82, 2.24) is 4.98 Å². The number of alkyl halides is 1. The van der Waals surface area contributed by atoms with Crippen LogP contribution in [0.4, 0.5) is 8.78 Å². The number of benzene rings is 1. The zero-order chi connectivity index (χ0) is 12.3. The van der Waals surface area contributed by atoms with Gasteiger partial charge in [-0.2, -0.15) is 0 Å². The smallest absolute Gasteiger partial charge is 0.150 e. The van der Waals surface area contributed by atoms with E-state index in [0.29, 0.717) is 11.3 Å². The first-order valence-electron chi connectivity index (χ1n) is 4.82. The third-order valence-electron chi connectivity index (χ3n) is 2.08. The first-order chi connectivity index (χ1) is 8.19. The summed E-state index contributed by atoms with van der Waals surface area (Å²) in [4.78, 5) is 3.86. The molecule has 88 valence electrons. The topological polar surface area (TPSA) is 22.1 Å². The van der Waals surface area contributed by atoms with Crippen LogP contribution >= 0.6 is 11.6 Å². The molecule has 2 nitrogen and oxygen atoms in total. The molecule has 2 rings (SSSR count). The van der Waals surface area contributed by atoms with Gasteiger partial charge in [0.2, 0.25) is 0 Å². The van der Waals surface area contributed by atoms with Crippen LogP contribution in [0.15, 0.2) is 36.7 Å². The van der Waals surface area contributed by atoms with Crippen molar-refractivity contribution in [3.63, 3.8) is 0 Å². The maximum absolute atomic E-state index is 13.0. The second-order valence-electron chi connectivity index (χ2n) is 3.32. The zero-order valence-corrected chi connectivity index (χ0v) is 9.42. The third-order valence-corrected chi connectivity index (χ3v) is 2.37. The van der Waals surface area contributed by atoms with E-state index in [0.717, 1.165) is 18.2 Å². The highest BCUT2D eigenvalue weighted by Gasteiger charge is 2.06. The quantitative estimate of drug-likeness (QED) is 0.776. The van der Waals surface area contributed by atoms with E-state index in [1.165, 1.54) is 6.20 Å². The summed E-state index contributed by atoms with van der Waals surface area (Å²) in [5.74, 6) is -0.711. The monoisotopic (exact) mass is 255 g/mol. The van der Waals surface area contributed by atoms with Crippen LogP contribution in [0.1, 0.15) is 5.56 Å². The summed E-state index contributed by atoms with van der Waals surface area (Å²) in [6.07, 6.45) is 3.01. The van der Waals surface area contributed by atoms with E-state index in [-0.39, 0.29) is 11.6 Å². The highest BCUT2D eigenvalue weighted by Crippen LogP contribution is 2.26. The number of hydrogen-bond donors (Lipinski definition) is 0. The SMILES string of the molecule is Fc1cc(F)cc(Oc2cnccc2CCl)c1. The molecule has 0 fully saturated rings. The minimum Gasteiger partial charge on any atom is -0.455 e. The fourth-order valence-electron chi connectivity index (χ4n) is 1.33. The summed E-state index contributed by atoms with van der Waals surface area (Å²) in [5, 5.41) is 0. The van der Waals surface area contributed by atoms with Crippen LogP contribution in [-0.4, -0.2) is 4.98 Å². The van der Waals surface area contributed by atoms with E-state index < -0.39 is 11.6 Å². The highest BCUT2D eigenvalue weighted by molar-refractivity contribution is 6.17. The number of hydrogen-bond acceptors (Lipinski definition) is 2. The molecule has 0 saturated heterocycles. The Morgan fingerprint density at radius 3 is 2.53 bits per heavy atom. The molecule has 0 aliphatic carbocycles. The summed E-state index contributed by atoms with van der Waals surface area (Å²) in [6.45, 7) is 0. The van der Waals surface area contributed by atoms with Gasteiger partial charge in [0.05, 0.1) is 12.1 Å². The van der Waals surface area contributed by atoms with E-state index >= 15 is 0 Å². The largest absolute Gasteiger partial charge is 0.455 e. The van der Waals surface area contributed by atoms with Crippen molar-refractivity contribution < 1.29 is 13.5 Å². The van der Waals surface area contributed by atoms with Crippen molar-refractivity contribution in [2.75, 3.05) is 0 Å². The normalized spacial score (nSPS) is 10.3. The van der Waals surface area contributed by atoms with Gasteiger partial charge >= 0.3 is 0 Å². The molecule has 0 N–H and O–H groups in total. The number of halogens is 3. The number of ether oxygens (including phenoxy) is 1. The Bertz CT molecular complexity index is 513. The number of aromatic nitrogens is 1. The van der Waals surface area contributed by atoms with Gasteiger partial charge in [0.25, 0.3) is 0 Å². The Morgan fingerprint density at radius 2 is 1.88 bits per heavy atom. The van der Waals surface area contributed by atoms with Crippen LogP contribution in [0, 0.1) is 11.6 Å². The van der Waals surface area contributed by atoms with Crippen molar-refractivity contribution in [1.29, 1.82) is 0 Å². The fraction of sp³-hybridized carbons (Fsp3) is 0.0833. The van der Waals surface area contributed by atoms with Gasteiger partial charge in [-0.3, -0.25) is 4.98 Å². The van der Waals surface area contributed by atoms with E-state index in [9.17, 15) is 8.78 Å². The van der Waals surface area contributed by atoms with Crippen molar-refractivity contribution in [2.24, 2.45) is 0 Å². The number of nitrogens with zero attached hydrogens (tertiary/aromatic N) is 1. The molecule has 0 saturated carbocycles. The van der Waals surface area contributed by atoms with Gasteiger partial charge < -0.3 is 4.74 Å². The molecule has 0 spiro atoms. The first-order valence-corrected chi connectivity index (χ1v) is 5.35. The number of rotatable bonds is 3.